The molecule has 1 aromatic heterocycles. The minimum absolute atomic E-state index is 0.0103. The molecule has 178 valence electrons. The molecule has 0 spiro atoms. The number of likely N-dealkylation sites (N-methyl/N-ethyl adjacent to an activating group) is 2. The van der Waals surface area contributed by atoms with Crippen molar-refractivity contribution in [3.05, 3.63) is 69.4 Å². The molecule has 34 heavy (non-hydrogen) atoms. The Morgan fingerprint density at radius 1 is 1.18 bits per heavy atom. The average molecular weight is 474 g/mol. The van der Waals surface area contributed by atoms with Gasteiger partial charge < -0.3 is 25.0 Å². The molecule has 1 saturated heterocycles. The number of halogens is 2. The maximum Gasteiger partial charge on any atom is 0.314 e. The molecule has 2 amide bonds. The molecule has 3 N–H and O–H groups in total. The first-order valence-electron chi connectivity index (χ1n) is 10.1. The number of aromatic amines is 1. The third kappa shape index (κ3) is 3.52. The van der Waals surface area contributed by atoms with Gasteiger partial charge in [0, 0.05) is 33.1 Å². The zero-order valence-corrected chi connectivity index (χ0v) is 18.1. The lowest BCUT2D eigenvalue weighted by Gasteiger charge is -2.47. The number of rotatable bonds is 5. The summed E-state index contributed by atoms with van der Waals surface area (Å²) in [7, 11) is 2.52. The summed E-state index contributed by atoms with van der Waals surface area (Å²) < 4.78 is 27.6. The van der Waals surface area contributed by atoms with Crippen LogP contribution in [-0.4, -0.2) is 67.6 Å². The summed E-state index contributed by atoms with van der Waals surface area (Å²) in [6, 6.07) is 4.44. The summed E-state index contributed by atoms with van der Waals surface area (Å²) in [5, 5.41) is 32.2. The fourth-order valence-electron chi connectivity index (χ4n) is 4.31. The number of aliphatic hydroxyl groups is 1. The molecule has 1 aliphatic rings. The maximum absolute atomic E-state index is 14.2. The first kappa shape index (κ1) is 23.1. The Balaban J connectivity index is 1.68. The highest BCUT2D eigenvalue weighted by atomic mass is 19.1. The van der Waals surface area contributed by atoms with Gasteiger partial charge in [-0.25, -0.2) is 4.39 Å². The molecular weight excluding hydrogens is 454 g/mol. The number of carbonyl (C=O) groups is 2. The summed E-state index contributed by atoms with van der Waals surface area (Å²) in [6.07, 6.45) is 0.816. The minimum Gasteiger partial charge on any atom is -0.505 e. The Hall–Kier alpha value is -4.06. The summed E-state index contributed by atoms with van der Waals surface area (Å²) in [5.74, 6) is -4.09. The van der Waals surface area contributed by atoms with Gasteiger partial charge in [-0.1, -0.05) is 6.07 Å². The monoisotopic (exact) mass is 474 g/mol. The highest BCUT2D eigenvalue weighted by molar-refractivity contribution is 5.99. The van der Waals surface area contributed by atoms with Crippen LogP contribution < -0.4 is 0 Å². The van der Waals surface area contributed by atoms with Crippen LogP contribution in [0.25, 0.3) is 10.9 Å². The van der Waals surface area contributed by atoms with Crippen molar-refractivity contribution in [3.8, 4) is 5.75 Å². The first-order valence-corrected chi connectivity index (χ1v) is 10.1. The molecule has 4 rings (SSSR count). The van der Waals surface area contributed by atoms with Crippen LogP contribution in [0, 0.1) is 21.7 Å². The van der Waals surface area contributed by atoms with Gasteiger partial charge in [0.1, 0.15) is 6.04 Å². The van der Waals surface area contributed by atoms with Gasteiger partial charge in [0.25, 0.3) is 5.91 Å². The number of aromatic hydroxyl groups is 1. The predicted octanol–water partition coefficient (Wildman–Crippen LogP) is 1.83. The average Bonchev–Trinajstić information content (AvgIpc) is 3.19. The van der Waals surface area contributed by atoms with Gasteiger partial charge in [0.05, 0.1) is 15.8 Å². The van der Waals surface area contributed by atoms with E-state index in [2.05, 4.69) is 4.98 Å². The van der Waals surface area contributed by atoms with Crippen molar-refractivity contribution in [2.24, 2.45) is 0 Å². The van der Waals surface area contributed by atoms with Crippen LogP contribution in [0.15, 0.2) is 36.5 Å². The third-order valence-electron chi connectivity index (χ3n) is 6.21. The molecule has 1 fully saturated rings. The Labute approximate surface area is 191 Å². The molecule has 2 atom stereocenters. The van der Waals surface area contributed by atoms with Crippen LogP contribution in [0.5, 0.6) is 5.75 Å². The van der Waals surface area contributed by atoms with Gasteiger partial charge in [-0.3, -0.25) is 19.7 Å². The summed E-state index contributed by atoms with van der Waals surface area (Å²) in [6.45, 7) is 0. The van der Waals surface area contributed by atoms with Gasteiger partial charge >= 0.3 is 5.69 Å². The zero-order chi connectivity index (χ0) is 24.9. The lowest BCUT2D eigenvalue weighted by atomic mass is 9.92. The van der Waals surface area contributed by atoms with Crippen LogP contribution in [0.3, 0.4) is 0 Å². The number of hydrogen-bond donors (Lipinski definition) is 3. The normalized spacial score (nSPS) is 20.9. The van der Waals surface area contributed by atoms with Gasteiger partial charge in [-0.15, -0.1) is 0 Å². The topological polar surface area (TPSA) is 140 Å². The molecule has 0 radical (unpaired) electrons. The number of hydrogen-bond acceptors (Lipinski definition) is 6. The molecule has 1 aliphatic heterocycles. The van der Waals surface area contributed by atoms with Crippen molar-refractivity contribution < 1.29 is 33.5 Å². The van der Waals surface area contributed by atoms with E-state index in [0.717, 1.165) is 28.0 Å². The minimum atomic E-state index is -2.31. The molecular formula is C22H20F2N4O6. The van der Waals surface area contributed by atoms with Crippen LogP contribution in [-0.2, 0) is 22.4 Å². The smallest absolute Gasteiger partial charge is 0.314 e. The van der Waals surface area contributed by atoms with E-state index in [1.165, 1.54) is 32.4 Å². The predicted molar refractivity (Wildman–Crippen MR) is 115 cm³/mol. The van der Waals surface area contributed by atoms with E-state index in [-0.39, 0.29) is 22.9 Å². The summed E-state index contributed by atoms with van der Waals surface area (Å²) in [4.78, 5) is 41.6. The summed E-state index contributed by atoms with van der Waals surface area (Å²) >= 11 is 0. The largest absolute Gasteiger partial charge is 0.505 e. The Bertz CT molecular complexity index is 1340. The van der Waals surface area contributed by atoms with Crippen LogP contribution >= 0.6 is 0 Å². The van der Waals surface area contributed by atoms with Crippen molar-refractivity contribution in [2.75, 3.05) is 14.1 Å². The lowest BCUT2D eigenvalue weighted by Crippen LogP contribution is -2.70. The number of nitro groups is 1. The fraction of sp³-hybridized carbons (Fsp3) is 0.273. The third-order valence-corrected chi connectivity index (χ3v) is 6.21. The second-order valence-corrected chi connectivity index (χ2v) is 8.20. The number of nitrogens with zero attached hydrogens (tertiary/aromatic N) is 3. The number of nitro benzene ring substituents is 1. The van der Waals surface area contributed by atoms with E-state index >= 15 is 0 Å². The highest BCUT2D eigenvalue weighted by Gasteiger charge is 2.53. The standard InChI is InChI=1S/C22H20F2N4O6/c1-26-16(8-12-10-25-15-6-5-14(24)19(18(12)15)28(33)34)20(30)27(2)22(32,21(26)31)9-11-3-4-13(23)17(29)7-11/h3-7,10,16,25,29,32H,8-9H2,1-2H3/t16-,22+/m0/s1. The molecule has 0 unspecified atom stereocenters. The van der Waals surface area contributed by atoms with Crippen molar-refractivity contribution in [2.45, 2.75) is 24.6 Å². The molecule has 12 heteroatoms. The molecule has 0 bridgehead atoms. The van der Waals surface area contributed by atoms with Gasteiger partial charge in [-0.2, -0.15) is 4.39 Å². The van der Waals surface area contributed by atoms with E-state index < -0.39 is 58.0 Å². The second kappa shape index (κ2) is 8.06. The zero-order valence-electron chi connectivity index (χ0n) is 18.1. The second-order valence-electron chi connectivity index (χ2n) is 8.20. The number of phenols is 1. The Kier molecular flexibility index (Phi) is 5.48. The number of piperazine rings is 1. The maximum atomic E-state index is 14.2. The van der Waals surface area contributed by atoms with E-state index in [1.54, 1.807) is 0 Å². The lowest BCUT2D eigenvalue weighted by molar-refractivity contribution is -0.385. The van der Waals surface area contributed by atoms with Gasteiger partial charge in [0.15, 0.2) is 11.6 Å². The Morgan fingerprint density at radius 3 is 2.50 bits per heavy atom. The summed E-state index contributed by atoms with van der Waals surface area (Å²) in [5.41, 5.74) is -2.30. The molecule has 0 aliphatic carbocycles. The number of carbonyl (C=O) groups excluding carboxylic acids is 2. The quantitative estimate of drug-likeness (QED) is 0.381. The van der Waals surface area contributed by atoms with Gasteiger partial charge in [0.2, 0.25) is 17.4 Å². The van der Waals surface area contributed by atoms with E-state index in [9.17, 15) is 38.7 Å². The van der Waals surface area contributed by atoms with Crippen molar-refractivity contribution in [3.63, 3.8) is 0 Å². The number of amides is 2. The first-order chi connectivity index (χ1) is 16.0. The number of nitrogens with one attached hydrogen (secondary N) is 1. The number of phenolic OH excluding ortho intramolecular Hbond substituents is 1. The van der Waals surface area contributed by atoms with Crippen molar-refractivity contribution in [1.29, 1.82) is 0 Å². The fourth-order valence-corrected chi connectivity index (χ4v) is 4.31. The number of H-pyrrole nitrogens is 1. The van der Waals surface area contributed by atoms with Crippen LogP contribution in [0.4, 0.5) is 14.5 Å². The molecule has 3 aromatic rings. The van der Waals surface area contributed by atoms with E-state index in [1.807, 2.05) is 0 Å². The van der Waals surface area contributed by atoms with E-state index in [4.69, 9.17) is 0 Å². The number of fused-ring (bicyclic) bond motifs is 1. The Morgan fingerprint density at radius 2 is 1.85 bits per heavy atom. The van der Waals surface area contributed by atoms with Crippen LogP contribution in [0.1, 0.15) is 11.1 Å². The number of benzene rings is 2. The molecule has 2 aromatic carbocycles. The van der Waals surface area contributed by atoms with Crippen LogP contribution in [0.2, 0.25) is 0 Å². The highest BCUT2D eigenvalue weighted by Crippen LogP contribution is 2.34. The van der Waals surface area contributed by atoms with Gasteiger partial charge in [-0.05, 0) is 35.4 Å². The number of aromatic nitrogens is 1. The SMILES string of the molecule is CN1C(=O)[C@](O)(Cc2ccc(F)c(O)c2)N(C)C(=O)[C@@H]1Cc1c[nH]c2ccc(F)c([N+](=O)[O-])c12. The van der Waals surface area contributed by atoms with Crippen molar-refractivity contribution >= 4 is 28.4 Å². The van der Waals surface area contributed by atoms with Crippen molar-refractivity contribution in [1.82, 2.24) is 14.8 Å². The van der Waals surface area contributed by atoms with E-state index in [0.29, 0.717) is 5.52 Å². The molecule has 0 saturated carbocycles. The molecule has 10 nitrogen and oxygen atoms in total. The molecule has 2 heterocycles.